The zero-order chi connectivity index (χ0) is 10.9. The minimum Gasteiger partial charge on any atom is -0.311 e. The zero-order valence-corrected chi connectivity index (χ0v) is 8.76. The summed E-state index contributed by atoms with van der Waals surface area (Å²) in [5, 5.41) is 3.08. The second kappa shape index (κ2) is 3.89. The van der Waals surface area contributed by atoms with Crippen molar-refractivity contribution in [3.05, 3.63) is 35.6 Å². The largest absolute Gasteiger partial charge is 0.311 e. The highest BCUT2D eigenvalue weighted by molar-refractivity contribution is 5.26. The van der Waals surface area contributed by atoms with E-state index >= 15 is 0 Å². The van der Waals surface area contributed by atoms with Crippen LogP contribution in [0.5, 0.6) is 0 Å². The molecule has 0 spiro atoms. The molecular weight excluding hydrogens is 196 g/mol. The molecule has 0 amide bonds. The highest BCUT2D eigenvalue weighted by atomic mass is 19.1. The van der Waals surface area contributed by atoms with E-state index < -0.39 is 11.5 Å². The van der Waals surface area contributed by atoms with Gasteiger partial charge in [0.25, 0.3) is 0 Å². The Kier molecular flexibility index (Phi) is 2.74. The van der Waals surface area contributed by atoms with Gasteiger partial charge >= 0.3 is 0 Å². The molecule has 82 valence electrons. The van der Waals surface area contributed by atoms with Gasteiger partial charge in [0.1, 0.15) is 5.82 Å². The average molecular weight is 211 g/mol. The molecule has 1 aliphatic rings. The monoisotopic (exact) mass is 211 g/mol. The number of rotatable bonds is 2. The van der Waals surface area contributed by atoms with Gasteiger partial charge in [0.2, 0.25) is 0 Å². The van der Waals surface area contributed by atoms with E-state index in [-0.39, 0.29) is 11.6 Å². The third-order valence-electron chi connectivity index (χ3n) is 3.12. The van der Waals surface area contributed by atoms with Crippen LogP contribution in [0.25, 0.3) is 0 Å². The molecule has 1 nitrogen and oxygen atoms in total. The summed E-state index contributed by atoms with van der Waals surface area (Å²) in [6, 6.07) is 5.81. The first-order chi connectivity index (χ1) is 7.12. The molecule has 0 saturated carbocycles. The summed E-state index contributed by atoms with van der Waals surface area (Å²) in [4.78, 5) is 0. The molecule has 2 unspecified atom stereocenters. The highest BCUT2D eigenvalue weighted by Crippen LogP contribution is 2.34. The Morgan fingerprint density at radius 3 is 2.73 bits per heavy atom. The van der Waals surface area contributed by atoms with Crippen LogP contribution in [0.3, 0.4) is 0 Å². The maximum absolute atomic E-state index is 14.5. The van der Waals surface area contributed by atoms with E-state index in [0.29, 0.717) is 0 Å². The second-order valence-electron chi connectivity index (χ2n) is 4.20. The fourth-order valence-corrected chi connectivity index (χ4v) is 2.19. The molecule has 1 N–H and O–H groups in total. The number of alkyl halides is 1. The van der Waals surface area contributed by atoms with Gasteiger partial charge in [0.15, 0.2) is 5.67 Å². The molecule has 3 heteroatoms. The first kappa shape index (κ1) is 10.6. The van der Waals surface area contributed by atoms with Crippen molar-refractivity contribution >= 4 is 0 Å². The van der Waals surface area contributed by atoms with Gasteiger partial charge in [0, 0.05) is 11.6 Å². The lowest BCUT2D eigenvalue weighted by Crippen LogP contribution is -2.40. The van der Waals surface area contributed by atoms with Crippen molar-refractivity contribution in [2.45, 2.75) is 31.5 Å². The number of halogens is 2. The Morgan fingerprint density at radius 1 is 1.40 bits per heavy atom. The molecule has 15 heavy (non-hydrogen) atoms. The summed E-state index contributed by atoms with van der Waals surface area (Å²) < 4.78 is 28.0. The van der Waals surface area contributed by atoms with Crippen LogP contribution in [-0.2, 0) is 5.67 Å². The van der Waals surface area contributed by atoms with E-state index in [1.807, 2.05) is 0 Å². The molecule has 1 heterocycles. The van der Waals surface area contributed by atoms with Gasteiger partial charge in [-0.25, -0.2) is 8.78 Å². The number of hydrogen-bond donors (Lipinski definition) is 1. The molecule has 2 atom stereocenters. The predicted octanol–water partition coefficient (Wildman–Crippen LogP) is 2.76. The van der Waals surface area contributed by atoms with Gasteiger partial charge in [-0.05, 0) is 32.4 Å². The Bertz CT molecular complexity index is 343. The van der Waals surface area contributed by atoms with Crippen LogP contribution in [0.1, 0.15) is 25.3 Å². The Labute approximate surface area is 88.5 Å². The van der Waals surface area contributed by atoms with Crippen molar-refractivity contribution in [1.29, 1.82) is 0 Å². The van der Waals surface area contributed by atoms with E-state index in [2.05, 4.69) is 5.32 Å². The zero-order valence-electron chi connectivity index (χ0n) is 8.76. The van der Waals surface area contributed by atoms with Crippen molar-refractivity contribution in [3.63, 3.8) is 0 Å². The fraction of sp³-hybridized carbons (Fsp3) is 0.500. The van der Waals surface area contributed by atoms with Gasteiger partial charge in [-0.15, -0.1) is 0 Å². The van der Waals surface area contributed by atoms with Crippen LogP contribution in [0, 0.1) is 5.82 Å². The van der Waals surface area contributed by atoms with Crippen molar-refractivity contribution in [2.24, 2.45) is 0 Å². The van der Waals surface area contributed by atoms with Crippen molar-refractivity contribution in [3.8, 4) is 0 Å². The lowest BCUT2D eigenvalue weighted by Gasteiger charge is -2.28. The second-order valence-corrected chi connectivity index (χ2v) is 4.20. The van der Waals surface area contributed by atoms with Gasteiger partial charge in [-0.2, -0.15) is 0 Å². The predicted molar refractivity (Wildman–Crippen MR) is 55.9 cm³/mol. The number of hydrogen-bond acceptors (Lipinski definition) is 1. The van der Waals surface area contributed by atoms with Crippen LogP contribution in [0.2, 0.25) is 0 Å². The molecule has 1 saturated heterocycles. The molecule has 1 aromatic carbocycles. The molecule has 1 aromatic rings. The van der Waals surface area contributed by atoms with Crippen LogP contribution in [0.4, 0.5) is 8.78 Å². The van der Waals surface area contributed by atoms with Gasteiger partial charge in [0.05, 0.1) is 0 Å². The average Bonchev–Trinajstić information content (AvgIpc) is 2.71. The number of benzene rings is 1. The molecule has 0 aliphatic carbocycles. The van der Waals surface area contributed by atoms with E-state index in [1.54, 1.807) is 12.1 Å². The van der Waals surface area contributed by atoms with E-state index in [0.717, 1.165) is 19.4 Å². The first-order valence-corrected chi connectivity index (χ1v) is 5.29. The first-order valence-electron chi connectivity index (χ1n) is 5.29. The third kappa shape index (κ3) is 1.88. The summed E-state index contributed by atoms with van der Waals surface area (Å²) in [6.07, 6.45) is 1.72. The van der Waals surface area contributed by atoms with Crippen LogP contribution < -0.4 is 5.32 Å². The SMILES string of the molecule is CC(F)(c1ccccc1F)C1CCCN1. The Morgan fingerprint density at radius 2 is 2.13 bits per heavy atom. The van der Waals surface area contributed by atoms with E-state index in [4.69, 9.17) is 0 Å². The van der Waals surface area contributed by atoms with Crippen molar-refractivity contribution in [1.82, 2.24) is 5.32 Å². The summed E-state index contributed by atoms with van der Waals surface area (Å²) in [7, 11) is 0. The molecule has 2 rings (SSSR count). The van der Waals surface area contributed by atoms with Crippen LogP contribution in [0.15, 0.2) is 24.3 Å². The minimum atomic E-state index is -1.62. The van der Waals surface area contributed by atoms with Gasteiger partial charge in [-0.1, -0.05) is 18.2 Å². The van der Waals surface area contributed by atoms with Crippen molar-refractivity contribution in [2.75, 3.05) is 6.54 Å². The molecule has 0 aromatic heterocycles. The molecule has 0 bridgehead atoms. The summed E-state index contributed by atoms with van der Waals surface area (Å²) in [5.41, 5.74) is -1.47. The Balaban J connectivity index is 2.31. The maximum atomic E-state index is 14.5. The smallest absolute Gasteiger partial charge is 0.151 e. The standard InChI is InChI=1S/C12H15F2N/c1-12(14,11-7-4-8-15-11)9-5-2-3-6-10(9)13/h2-3,5-6,11,15H,4,7-8H2,1H3. The molecule has 1 aliphatic heterocycles. The minimum absolute atomic E-state index is 0.157. The maximum Gasteiger partial charge on any atom is 0.151 e. The Hall–Kier alpha value is -0.960. The highest BCUT2D eigenvalue weighted by Gasteiger charge is 2.39. The number of nitrogens with one attached hydrogen (secondary N) is 1. The van der Waals surface area contributed by atoms with E-state index in [1.165, 1.54) is 19.1 Å². The molecule has 0 radical (unpaired) electrons. The van der Waals surface area contributed by atoms with Crippen LogP contribution in [-0.4, -0.2) is 12.6 Å². The summed E-state index contributed by atoms with van der Waals surface area (Å²) in [5.74, 6) is -0.462. The third-order valence-corrected chi connectivity index (χ3v) is 3.12. The summed E-state index contributed by atoms with van der Waals surface area (Å²) in [6.45, 7) is 2.27. The van der Waals surface area contributed by atoms with Crippen LogP contribution >= 0.6 is 0 Å². The quantitative estimate of drug-likeness (QED) is 0.793. The van der Waals surface area contributed by atoms with Gasteiger partial charge < -0.3 is 5.32 Å². The summed E-state index contributed by atoms with van der Waals surface area (Å²) >= 11 is 0. The normalized spacial score (nSPS) is 25.1. The molecular formula is C12H15F2N. The van der Waals surface area contributed by atoms with Crippen molar-refractivity contribution < 1.29 is 8.78 Å². The fourth-order valence-electron chi connectivity index (χ4n) is 2.19. The van der Waals surface area contributed by atoms with E-state index in [9.17, 15) is 8.78 Å². The lowest BCUT2D eigenvalue weighted by molar-refractivity contribution is 0.132. The topological polar surface area (TPSA) is 12.0 Å². The molecule has 1 fully saturated rings. The van der Waals surface area contributed by atoms with Gasteiger partial charge in [-0.3, -0.25) is 0 Å². The lowest BCUT2D eigenvalue weighted by atomic mass is 9.89.